The highest BCUT2D eigenvalue weighted by Gasteiger charge is 2.14. The summed E-state index contributed by atoms with van der Waals surface area (Å²) in [5.74, 6) is 0.0509. The number of aldehydes is 1. The van der Waals surface area contributed by atoms with E-state index in [-0.39, 0.29) is 5.91 Å². The van der Waals surface area contributed by atoms with Crippen molar-refractivity contribution in [2.24, 2.45) is 0 Å². The van der Waals surface area contributed by atoms with Gasteiger partial charge in [-0.1, -0.05) is 11.6 Å². The van der Waals surface area contributed by atoms with E-state index in [4.69, 9.17) is 21.1 Å². The number of carbonyl (C=O) groups is 2. The van der Waals surface area contributed by atoms with Crippen LogP contribution >= 0.6 is 11.6 Å². The topological polar surface area (TPSA) is 76.7 Å². The Kier molecular flexibility index (Phi) is 8.94. The van der Waals surface area contributed by atoms with Gasteiger partial charge in [0.15, 0.2) is 0 Å². The van der Waals surface area contributed by atoms with Crippen molar-refractivity contribution in [1.82, 2.24) is 5.32 Å². The molecule has 2 aromatic rings. The molecule has 0 aliphatic carbocycles. The number of benzene rings is 2. The zero-order valence-corrected chi connectivity index (χ0v) is 16.8. The van der Waals surface area contributed by atoms with Gasteiger partial charge in [0.2, 0.25) is 0 Å². The van der Waals surface area contributed by atoms with Crippen LogP contribution in [0.3, 0.4) is 0 Å². The van der Waals surface area contributed by atoms with Crippen LogP contribution in [0.1, 0.15) is 33.6 Å². The highest BCUT2D eigenvalue weighted by Crippen LogP contribution is 2.21. The second-order valence-corrected chi connectivity index (χ2v) is 6.67. The van der Waals surface area contributed by atoms with E-state index in [1.54, 1.807) is 36.4 Å². The quantitative estimate of drug-likeness (QED) is 0.716. The van der Waals surface area contributed by atoms with Gasteiger partial charge < -0.3 is 20.1 Å². The Hall–Kier alpha value is -2.41. The highest BCUT2D eigenvalue weighted by molar-refractivity contribution is 6.30. The van der Waals surface area contributed by atoms with E-state index < -0.39 is 0 Å². The molecule has 1 heterocycles. The van der Waals surface area contributed by atoms with Gasteiger partial charge in [0, 0.05) is 29.4 Å². The number of halogens is 1. The maximum absolute atomic E-state index is 12.2. The predicted octanol–water partition coefficient (Wildman–Crippen LogP) is 3.80. The van der Waals surface area contributed by atoms with Gasteiger partial charge in [-0.3, -0.25) is 9.59 Å². The van der Waals surface area contributed by atoms with Gasteiger partial charge in [-0.2, -0.15) is 0 Å². The molecular formula is C21H25ClN2O4. The minimum Gasteiger partial charge on any atom is -0.496 e. The summed E-state index contributed by atoms with van der Waals surface area (Å²) in [4.78, 5) is 23.0. The number of likely N-dealkylation sites (N-methyl/N-ethyl adjacent to an activating group) is 1. The maximum Gasteiger partial charge on any atom is 0.259 e. The van der Waals surface area contributed by atoms with Crippen LogP contribution in [-0.2, 0) is 4.74 Å². The molecule has 6 nitrogen and oxygen atoms in total. The Morgan fingerprint density at radius 1 is 1.29 bits per heavy atom. The first-order chi connectivity index (χ1) is 13.6. The number of ether oxygens (including phenoxy) is 2. The van der Waals surface area contributed by atoms with E-state index in [0.717, 1.165) is 13.2 Å². The fourth-order valence-corrected chi connectivity index (χ4v) is 2.87. The minimum atomic E-state index is -0.354. The Morgan fingerprint density at radius 2 is 2.04 bits per heavy atom. The van der Waals surface area contributed by atoms with Crippen molar-refractivity contribution in [1.29, 1.82) is 0 Å². The van der Waals surface area contributed by atoms with Gasteiger partial charge in [0.1, 0.15) is 12.0 Å². The zero-order valence-electron chi connectivity index (χ0n) is 16.0. The largest absolute Gasteiger partial charge is 0.496 e. The summed E-state index contributed by atoms with van der Waals surface area (Å²) in [5.41, 5.74) is 1.32. The number of carbonyl (C=O) groups excluding carboxylic acids is 2. The van der Waals surface area contributed by atoms with E-state index in [1.165, 1.54) is 26.0 Å². The Labute approximate surface area is 170 Å². The van der Waals surface area contributed by atoms with Crippen LogP contribution in [0.25, 0.3) is 0 Å². The number of rotatable bonds is 6. The minimum absolute atomic E-state index is 0.298. The molecule has 1 fully saturated rings. The molecule has 7 heteroatoms. The molecule has 0 saturated carbocycles. The van der Waals surface area contributed by atoms with Crippen molar-refractivity contribution in [3.63, 3.8) is 0 Å². The van der Waals surface area contributed by atoms with Crippen LogP contribution in [0.15, 0.2) is 42.5 Å². The standard InChI is InChI=1S/C15H12ClNO3.C6H13NO/c1-20-14-7-2-10(9-18)8-13(14)15(19)17-12-5-3-11(16)4-6-12;1-7-5-6-3-2-4-8-6/h2-9H,1H3,(H,17,19);6-7H,2-5H2,1H3. The fraction of sp³-hybridized carbons (Fsp3) is 0.333. The molecule has 1 amide bonds. The molecule has 0 radical (unpaired) electrons. The molecule has 0 bridgehead atoms. The van der Waals surface area contributed by atoms with Gasteiger partial charge in [-0.25, -0.2) is 0 Å². The Morgan fingerprint density at radius 3 is 2.61 bits per heavy atom. The van der Waals surface area contributed by atoms with Crippen LogP contribution in [-0.4, -0.2) is 45.6 Å². The lowest BCUT2D eigenvalue weighted by Gasteiger charge is -2.10. The third-order valence-corrected chi connectivity index (χ3v) is 4.41. The molecule has 1 unspecified atom stereocenters. The van der Waals surface area contributed by atoms with E-state index in [9.17, 15) is 9.59 Å². The van der Waals surface area contributed by atoms with Gasteiger partial charge in [-0.15, -0.1) is 0 Å². The molecular weight excluding hydrogens is 380 g/mol. The summed E-state index contributed by atoms with van der Waals surface area (Å²) < 4.78 is 10.5. The van der Waals surface area contributed by atoms with Crippen molar-refractivity contribution in [2.45, 2.75) is 18.9 Å². The molecule has 1 saturated heterocycles. The summed E-state index contributed by atoms with van der Waals surface area (Å²) in [5, 5.41) is 6.39. The summed E-state index contributed by atoms with van der Waals surface area (Å²) in [6.45, 7) is 1.98. The summed E-state index contributed by atoms with van der Waals surface area (Å²) in [6, 6.07) is 11.4. The van der Waals surface area contributed by atoms with Crippen LogP contribution < -0.4 is 15.4 Å². The smallest absolute Gasteiger partial charge is 0.259 e. The molecule has 0 aromatic heterocycles. The number of hydrogen-bond acceptors (Lipinski definition) is 5. The lowest BCUT2D eigenvalue weighted by Crippen LogP contribution is -2.22. The third-order valence-electron chi connectivity index (χ3n) is 4.16. The molecule has 3 rings (SSSR count). The van der Waals surface area contributed by atoms with Crippen LogP contribution in [0.2, 0.25) is 5.02 Å². The van der Waals surface area contributed by atoms with Gasteiger partial charge in [0.25, 0.3) is 5.91 Å². The number of nitrogens with one attached hydrogen (secondary N) is 2. The second kappa shape index (κ2) is 11.4. The average Bonchev–Trinajstić information content (AvgIpc) is 3.23. The molecule has 1 aliphatic rings. The first kappa shape index (κ1) is 21.9. The second-order valence-electron chi connectivity index (χ2n) is 6.23. The van der Waals surface area contributed by atoms with Crippen molar-refractivity contribution >= 4 is 29.5 Å². The summed E-state index contributed by atoms with van der Waals surface area (Å²) in [6.07, 6.45) is 3.66. The fourth-order valence-electron chi connectivity index (χ4n) is 2.74. The zero-order chi connectivity index (χ0) is 20.4. The summed E-state index contributed by atoms with van der Waals surface area (Å²) in [7, 11) is 3.43. The number of methoxy groups -OCH3 is 1. The van der Waals surface area contributed by atoms with Crippen LogP contribution in [0.4, 0.5) is 5.69 Å². The molecule has 28 heavy (non-hydrogen) atoms. The lowest BCUT2D eigenvalue weighted by molar-refractivity contribution is 0.102. The molecule has 2 N–H and O–H groups in total. The lowest BCUT2D eigenvalue weighted by atomic mass is 10.1. The molecule has 1 atom stereocenters. The van der Waals surface area contributed by atoms with Crippen molar-refractivity contribution in [3.8, 4) is 5.75 Å². The first-order valence-corrected chi connectivity index (χ1v) is 9.41. The highest BCUT2D eigenvalue weighted by atomic mass is 35.5. The van der Waals surface area contributed by atoms with E-state index in [2.05, 4.69) is 10.6 Å². The average molecular weight is 405 g/mol. The summed E-state index contributed by atoms with van der Waals surface area (Å²) >= 11 is 5.78. The van der Waals surface area contributed by atoms with Crippen molar-refractivity contribution in [2.75, 3.05) is 32.6 Å². The number of amides is 1. The monoisotopic (exact) mass is 404 g/mol. The van der Waals surface area contributed by atoms with Gasteiger partial charge in [0.05, 0.1) is 18.8 Å². The van der Waals surface area contributed by atoms with E-state index >= 15 is 0 Å². The molecule has 2 aromatic carbocycles. The number of anilines is 1. The van der Waals surface area contributed by atoms with Crippen LogP contribution in [0.5, 0.6) is 5.75 Å². The molecule has 0 spiro atoms. The van der Waals surface area contributed by atoms with E-state index in [1.807, 2.05) is 7.05 Å². The normalized spacial score (nSPS) is 15.3. The van der Waals surface area contributed by atoms with Crippen molar-refractivity contribution < 1.29 is 19.1 Å². The number of hydrogen-bond donors (Lipinski definition) is 2. The Bertz CT molecular complexity index is 774. The first-order valence-electron chi connectivity index (χ1n) is 9.03. The Balaban J connectivity index is 0.000000292. The third kappa shape index (κ3) is 6.64. The molecule has 1 aliphatic heterocycles. The van der Waals surface area contributed by atoms with Gasteiger partial charge in [-0.05, 0) is 62.4 Å². The SMILES string of the molecule is CNCC1CCCO1.COc1ccc(C=O)cc1C(=O)Nc1ccc(Cl)cc1. The van der Waals surface area contributed by atoms with Crippen molar-refractivity contribution in [3.05, 3.63) is 58.6 Å². The maximum atomic E-state index is 12.2. The van der Waals surface area contributed by atoms with Crippen LogP contribution in [0, 0.1) is 0 Å². The molecule has 150 valence electrons. The van der Waals surface area contributed by atoms with Gasteiger partial charge >= 0.3 is 0 Å². The van der Waals surface area contributed by atoms with E-state index in [0.29, 0.717) is 40.0 Å². The predicted molar refractivity (Wildman–Crippen MR) is 111 cm³/mol.